The molecule has 17 heavy (non-hydrogen) atoms. The fourth-order valence-electron chi connectivity index (χ4n) is 2.82. The molecule has 4 heteroatoms. The first-order valence-electron chi connectivity index (χ1n) is 6.76. The van der Waals surface area contributed by atoms with Crippen LogP contribution >= 0.6 is 0 Å². The van der Waals surface area contributed by atoms with Gasteiger partial charge in [0, 0.05) is 18.7 Å². The van der Waals surface area contributed by atoms with E-state index >= 15 is 0 Å². The van der Waals surface area contributed by atoms with Crippen molar-refractivity contribution in [3.63, 3.8) is 0 Å². The molecule has 2 aliphatic rings. The first kappa shape index (κ1) is 12.8. The van der Waals surface area contributed by atoms with Gasteiger partial charge in [0.1, 0.15) is 5.60 Å². The van der Waals surface area contributed by atoms with Gasteiger partial charge >= 0.3 is 0 Å². The highest BCUT2D eigenvalue weighted by atomic mass is 16.5. The Kier molecular flexibility index (Phi) is 4.05. The molecule has 98 valence electrons. The van der Waals surface area contributed by atoms with Crippen LogP contribution in [0.2, 0.25) is 0 Å². The smallest absolute Gasteiger partial charge is 0.252 e. The molecule has 1 saturated heterocycles. The Balaban J connectivity index is 1.79. The van der Waals surface area contributed by atoms with Gasteiger partial charge in [-0.1, -0.05) is 0 Å². The second kappa shape index (κ2) is 5.36. The third kappa shape index (κ3) is 2.99. The topological polar surface area (TPSA) is 50.4 Å². The maximum absolute atomic E-state index is 12.1. The summed E-state index contributed by atoms with van der Waals surface area (Å²) in [4.78, 5) is 12.1. The van der Waals surface area contributed by atoms with Gasteiger partial charge in [-0.25, -0.2) is 0 Å². The summed E-state index contributed by atoms with van der Waals surface area (Å²) in [5.74, 6) is 0.0860. The average Bonchev–Trinajstić information content (AvgIpc) is 2.78. The van der Waals surface area contributed by atoms with Gasteiger partial charge < -0.3 is 15.4 Å². The van der Waals surface area contributed by atoms with Crippen molar-refractivity contribution in [2.24, 2.45) is 0 Å². The molecule has 0 aromatic heterocycles. The fraction of sp³-hybridized carbons (Fsp3) is 0.923. The first-order chi connectivity index (χ1) is 8.14. The third-order valence-electron chi connectivity index (χ3n) is 4.17. The molecule has 0 bridgehead atoms. The van der Waals surface area contributed by atoms with Gasteiger partial charge in [0.2, 0.25) is 0 Å². The standard InChI is InChI=1S/C13H24N2O2/c1-13(8-3-9-17-13)12(16)15-11-6-4-10(14-2)5-7-11/h10-11,14H,3-9H2,1-2H3,(H,15,16). The van der Waals surface area contributed by atoms with E-state index in [2.05, 4.69) is 10.6 Å². The minimum atomic E-state index is -0.570. The fourth-order valence-corrected chi connectivity index (χ4v) is 2.82. The summed E-state index contributed by atoms with van der Waals surface area (Å²) >= 11 is 0. The molecule has 1 saturated carbocycles. The number of amides is 1. The van der Waals surface area contributed by atoms with Crippen LogP contribution in [0.4, 0.5) is 0 Å². The lowest BCUT2D eigenvalue weighted by molar-refractivity contribution is -0.140. The van der Waals surface area contributed by atoms with Crippen molar-refractivity contribution in [2.75, 3.05) is 13.7 Å². The largest absolute Gasteiger partial charge is 0.365 e. The highest BCUT2D eigenvalue weighted by Gasteiger charge is 2.38. The van der Waals surface area contributed by atoms with E-state index in [4.69, 9.17) is 4.74 Å². The SMILES string of the molecule is CNC1CCC(NC(=O)C2(C)CCCO2)CC1. The van der Waals surface area contributed by atoms with Crippen LogP contribution in [0, 0.1) is 0 Å². The van der Waals surface area contributed by atoms with Crippen LogP contribution in [0.5, 0.6) is 0 Å². The van der Waals surface area contributed by atoms with Gasteiger partial charge in [0.15, 0.2) is 0 Å². The van der Waals surface area contributed by atoms with E-state index in [9.17, 15) is 4.79 Å². The highest BCUT2D eigenvalue weighted by molar-refractivity contribution is 5.85. The summed E-state index contributed by atoms with van der Waals surface area (Å²) in [7, 11) is 2.01. The van der Waals surface area contributed by atoms with Gasteiger partial charge in [-0.15, -0.1) is 0 Å². The van der Waals surface area contributed by atoms with Crippen LogP contribution < -0.4 is 10.6 Å². The Labute approximate surface area is 103 Å². The Bertz CT molecular complexity index is 267. The molecule has 2 fully saturated rings. The minimum absolute atomic E-state index is 0.0860. The molecule has 2 N–H and O–H groups in total. The van der Waals surface area contributed by atoms with Crippen LogP contribution in [0.1, 0.15) is 45.4 Å². The van der Waals surface area contributed by atoms with Gasteiger partial charge in [-0.05, 0) is 52.5 Å². The normalized spacial score (nSPS) is 38.0. The van der Waals surface area contributed by atoms with E-state index in [-0.39, 0.29) is 5.91 Å². The molecule has 1 amide bonds. The van der Waals surface area contributed by atoms with Crippen molar-refractivity contribution in [1.29, 1.82) is 0 Å². The molecule has 1 aliphatic heterocycles. The Morgan fingerprint density at radius 2 is 1.88 bits per heavy atom. The van der Waals surface area contributed by atoms with E-state index in [1.165, 1.54) is 0 Å². The molecule has 1 aliphatic carbocycles. The highest BCUT2D eigenvalue weighted by Crippen LogP contribution is 2.26. The molecule has 4 nitrogen and oxygen atoms in total. The van der Waals surface area contributed by atoms with E-state index in [1.807, 2.05) is 14.0 Å². The number of carbonyl (C=O) groups excluding carboxylic acids is 1. The lowest BCUT2D eigenvalue weighted by Gasteiger charge is -2.31. The molecule has 1 atom stereocenters. The van der Waals surface area contributed by atoms with Crippen LogP contribution in [0.25, 0.3) is 0 Å². The average molecular weight is 240 g/mol. The van der Waals surface area contributed by atoms with Gasteiger partial charge in [-0.3, -0.25) is 4.79 Å². The van der Waals surface area contributed by atoms with Crippen LogP contribution in [0.15, 0.2) is 0 Å². The van der Waals surface area contributed by atoms with Crippen molar-refractivity contribution in [3.8, 4) is 0 Å². The number of ether oxygens (including phenoxy) is 1. The Morgan fingerprint density at radius 1 is 1.24 bits per heavy atom. The first-order valence-corrected chi connectivity index (χ1v) is 6.76. The van der Waals surface area contributed by atoms with E-state index < -0.39 is 5.60 Å². The summed E-state index contributed by atoms with van der Waals surface area (Å²) in [6, 6.07) is 0.967. The van der Waals surface area contributed by atoms with Crippen molar-refractivity contribution < 1.29 is 9.53 Å². The molecular weight excluding hydrogens is 216 g/mol. The second-order valence-corrected chi connectivity index (χ2v) is 5.49. The molecule has 1 heterocycles. The van der Waals surface area contributed by atoms with Crippen LogP contribution in [0.3, 0.4) is 0 Å². The van der Waals surface area contributed by atoms with Crippen LogP contribution in [-0.2, 0) is 9.53 Å². The summed E-state index contributed by atoms with van der Waals surface area (Å²) in [6.07, 6.45) is 6.31. The number of rotatable bonds is 3. The van der Waals surface area contributed by atoms with Crippen molar-refractivity contribution >= 4 is 5.91 Å². The van der Waals surface area contributed by atoms with E-state index in [1.54, 1.807) is 0 Å². The zero-order valence-corrected chi connectivity index (χ0v) is 10.9. The summed E-state index contributed by atoms with van der Waals surface area (Å²) < 4.78 is 5.56. The molecule has 0 spiro atoms. The van der Waals surface area contributed by atoms with E-state index in [0.717, 1.165) is 45.1 Å². The lowest BCUT2D eigenvalue weighted by Crippen LogP contribution is -2.49. The molecule has 2 rings (SSSR count). The van der Waals surface area contributed by atoms with Gasteiger partial charge in [-0.2, -0.15) is 0 Å². The number of carbonyl (C=O) groups is 1. The van der Waals surface area contributed by atoms with Crippen molar-refractivity contribution in [1.82, 2.24) is 10.6 Å². The minimum Gasteiger partial charge on any atom is -0.365 e. The summed E-state index contributed by atoms with van der Waals surface area (Å²) in [6.45, 7) is 2.63. The quantitative estimate of drug-likeness (QED) is 0.779. The van der Waals surface area contributed by atoms with E-state index in [0.29, 0.717) is 12.1 Å². The third-order valence-corrected chi connectivity index (χ3v) is 4.17. The van der Waals surface area contributed by atoms with Gasteiger partial charge in [0.05, 0.1) is 0 Å². The zero-order valence-electron chi connectivity index (χ0n) is 10.9. The van der Waals surface area contributed by atoms with Gasteiger partial charge in [0.25, 0.3) is 5.91 Å². The molecule has 0 aromatic carbocycles. The van der Waals surface area contributed by atoms with Crippen molar-refractivity contribution in [3.05, 3.63) is 0 Å². The molecular formula is C13H24N2O2. The molecule has 1 unspecified atom stereocenters. The molecule has 0 aromatic rings. The predicted octanol–water partition coefficient (Wildman–Crippen LogP) is 1.20. The zero-order chi connectivity index (χ0) is 12.3. The monoisotopic (exact) mass is 240 g/mol. The maximum Gasteiger partial charge on any atom is 0.252 e. The Hall–Kier alpha value is -0.610. The van der Waals surface area contributed by atoms with Crippen LogP contribution in [-0.4, -0.2) is 37.2 Å². The lowest BCUT2D eigenvalue weighted by atomic mass is 9.90. The Morgan fingerprint density at radius 3 is 2.41 bits per heavy atom. The molecule has 0 radical (unpaired) electrons. The summed E-state index contributed by atoms with van der Waals surface area (Å²) in [5.41, 5.74) is -0.570. The number of nitrogens with one attached hydrogen (secondary N) is 2. The number of hydrogen-bond acceptors (Lipinski definition) is 3. The number of hydrogen-bond donors (Lipinski definition) is 2. The summed E-state index contributed by atoms with van der Waals surface area (Å²) in [5, 5.41) is 6.46. The predicted molar refractivity (Wildman–Crippen MR) is 66.8 cm³/mol. The second-order valence-electron chi connectivity index (χ2n) is 5.49. The maximum atomic E-state index is 12.1. The van der Waals surface area contributed by atoms with Crippen molar-refractivity contribution in [2.45, 2.75) is 63.1 Å².